The summed E-state index contributed by atoms with van der Waals surface area (Å²) in [7, 11) is 0. The number of amides is 1. The van der Waals surface area contributed by atoms with Crippen LogP contribution in [0, 0.1) is 5.82 Å². The summed E-state index contributed by atoms with van der Waals surface area (Å²) in [6, 6.07) is 4.40. The van der Waals surface area contributed by atoms with Crippen LogP contribution in [0.25, 0.3) is 0 Å². The molecule has 15 heavy (non-hydrogen) atoms. The first kappa shape index (κ1) is 11.5. The maximum Gasteiger partial charge on any atom is 0.258 e. The molecular formula is C10H13FN2O2. The summed E-state index contributed by atoms with van der Waals surface area (Å²) in [4.78, 5) is 10.8. The van der Waals surface area contributed by atoms with Crippen LogP contribution < -0.4 is 16.2 Å². The first-order valence-electron chi connectivity index (χ1n) is 4.49. The van der Waals surface area contributed by atoms with Gasteiger partial charge < -0.3 is 16.2 Å². The molecule has 1 atom stereocenters. The highest BCUT2D eigenvalue weighted by Crippen LogP contribution is 2.23. The number of rotatable bonds is 4. The first-order chi connectivity index (χ1) is 7.06. The van der Waals surface area contributed by atoms with Crippen LogP contribution in [0.5, 0.6) is 5.75 Å². The van der Waals surface area contributed by atoms with E-state index in [4.69, 9.17) is 16.2 Å². The van der Waals surface area contributed by atoms with Gasteiger partial charge in [0.1, 0.15) is 0 Å². The van der Waals surface area contributed by atoms with Crippen molar-refractivity contribution in [1.82, 2.24) is 0 Å². The van der Waals surface area contributed by atoms with E-state index < -0.39 is 17.8 Å². The third-order valence-electron chi connectivity index (χ3n) is 1.96. The number of carbonyl (C=O) groups is 1. The number of primary amides is 1. The summed E-state index contributed by atoms with van der Waals surface area (Å²) in [5, 5.41) is 0. The molecule has 0 fully saturated rings. The first-order valence-corrected chi connectivity index (χ1v) is 4.49. The summed E-state index contributed by atoms with van der Waals surface area (Å²) in [6.07, 6.45) is -0.882. The second-order valence-corrected chi connectivity index (χ2v) is 3.09. The molecule has 4 N–H and O–H groups in total. The summed E-state index contributed by atoms with van der Waals surface area (Å²) < 4.78 is 18.4. The van der Waals surface area contributed by atoms with E-state index in [1.807, 2.05) is 0 Å². The van der Waals surface area contributed by atoms with E-state index >= 15 is 0 Å². The predicted molar refractivity (Wildman–Crippen MR) is 53.6 cm³/mol. The van der Waals surface area contributed by atoms with Gasteiger partial charge in [-0.1, -0.05) is 12.1 Å². The highest BCUT2D eigenvalue weighted by Gasteiger charge is 2.15. The van der Waals surface area contributed by atoms with Gasteiger partial charge in [0.2, 0.25) is 0 Å². The highest BCUT2D eigenvalue weighted by atomic mass is 19.1. The number of nitrogens with two attached hydrogens (primary N) is 2. The van der Waals surface area contributed by atoms with E-state index in [1.54, 1.807) is 6.07 Å². The Morgan fingerprint density at radius 2 is 2.27 bits per heavy atom. The van der Waals surface area contributed by atoms with E-state index in [0.717, 1.165) is 0 Å². The summed E-state index contributed by atoms with van der Waals surface area (Å²) in [6.45, 7) is 1.59. The van der Waals surface area contributed by atoms with Crippen LogP contribution in [-0.4, -0.2) is 12.0 Å². The quantitative estimate of drug-likeness (QED) is 0.764. The predicted octanol–water partition coefficient (Wildman–Crippen LogP) is 0.537. The molecule has 1 rings (SSSR count). The minimum Gasteiger partial charge on any atom is -0.477 e. The molecule has 0 aliphatic carbocycles. The lowest BCUT2D eigenvalue weighted by Gasteiger charge is -2.14. The monoisotopic (exact) mass is 212 g/mol. The third kappa shape index (κ3) is 2.66. The number of halogens is 1. The zero-order valence-corrected chi connectivity index (χ0v) is 8.37. The smallest absolute Gasteiger partial charge is 0.258 e. The van der Waals surface area contributed by atoms with Crippen LogP contribution in [0.2, 0.25) is 0 Å². The molecule has 0 spiro atoms. The molecule has 1 amide bonds. The van der Waals surface area contributed by atoms with E-state index in [1.165, 1.54) is 19.1 Å². The topological polar surface area (TPSA) is 78.3 Å². The van der Waals surface area contributed by atoms with E-state index in [-0.39, 0.29) is 12.3 Å². The van der Waals surface area contributed by atoms with Gasteiger partial charge in [-0.05, 0) is 13.0 Å². The number of para-hydroxylation sites is 1. The Balaban J connectivity index is 2.97. The molecule has 0 aliphatic rings. The standard InChI is InChI=1S/C10H13FN2O2/c1-6(10(13)14)15-9-7(5-12)3-2-4-8(9)11/h2-4,6H,5,12H2,1H3,(H2,13,14). The normalized spacial score (nSPS) is 12.2. The van der Waals surface area contributed by atoms with E-state index in [9.17, 15) is 9.18 Å². The molecule has 5 heteroatoms. The Hall–Kier alpha value is -1.62. The van der Waals surface area contributed by atoms with Gasteiger partial charge in [-0.15, -0.1) is 0 Å². The van der Waals surface area contributed by atoms with Crippen molar-refractivity contribution in [2.45, 2.75) is 19.6 Å². The molecule has 0 saturated carbocycles. The Bertz CT molecular complexity index is 368. The Morgan fingerprint density at radius 3 is 2.80 bits per heavy atom. The molecule has 1 aromatic rings. The average molecular weight is 212 g/mol. The van der Waals surface area contributed by atoms with Gasteiger partial charge in [0.15, 0.2) is 17.7 Å². The maximum atomic E-state index is 13.3. The summed E-state index contributed by atoms with van der Waals surface area (Å²) in [5.41, 5.74) is 10.9. The lowest BCUT2D eigenvalue weighted by molar-refractivity contribution is -0.124. The minimum absolute atomic E-state index is 0.00806. The van der Waals surface area contributed by atoms with Crippen molar-refractivity contribution in [2.75, 3.05) is 0 Å². The van der Waals surface area contributed by atoms with Crippen LogP contribution in [0.3, 0.4) is 0 Å². The maximum absolute atomic E-state index is 13.3. The number of hydrogen-bond acceptors (Lipinski definition) is 3. The van der Waals surface area contributed by atoms with Crippen molar-refractivity contribution in [2.24, 2.45) is 11.5 Å². The number of ether oxygens (including phenoxy) is 1. The van der Waals surface area contributed by atoms with Gasteiger partial charge in [-0.25, -0.2) is 4.39 Å². The van der Waals surface area contributed by atoms with Gasteiger partial charge >= 0.3 is 0 Å². The fourth-order valence-electron chi connectivity index (χ4n) is 1.08. The molecule has 82 valence electrons. The Labute approximate surface area is 87.0 Å². The van der Waals surface area contributed by atoms with Crippen molar-refractivity contribution in [3.63, 3.8) is 0 Å². The second kappa shape index (κ2) is 4.75. The second-order valence-electron chi connectivity index (χ2n) is 3.09. The van der Waals surface area contributed by atoms with E-state index in [2.05, 4.69) is 0 Å². The lowest BCUT2D eigenvalue weighted by Crippen LogP contribution is -2.31. The summed E-state index contributed by atoms with van der Waals surface area (Å²) in [5.74, 6) is -1.21. The van der Waals surface area contributed by atoms with Gasteiger partial charge in [0.25, 0.3) is 5.91 Å². The molecule has 0 radical (unpaired) electrons. The Morgan fingerprint density at radius 1 is 1.60 bits per heavy atom. The van der Waals surface area contributed by atoms with Gasteiger partial charge in [0.05, 0.1) is 0 Å². The molecule has 0 aromatic heterocycles. The fraction of sp³-hybridized carbons (Fsp3) is 0.300. The zero-order chi connectivity index (χ0) is 11.4. The minimum atomic E-state index is -0.882. The lowest BCUT2D eigenvalue weighted by atomic mass is 10.2. The zero-order valence-electron chi connectivity index (χ0n) is 8.37. The average Bonchev–Trinajstić information content (AvgIpc) is 2.20. The number of hydrogen-bond donors (Lipinski definition) is 2. The van der Waals surface area contributed by atoms with Crippen molar-refractivity contribution in [3.8, 4) is 5.75 Å². The third-order valence-corrected chi connectivity index (χ3v) is 1.96. The van der Waals surface area contributed by atoms with Crippen LogP contribution in [0.4, 0.5) is 4.39 Å². The Kier molecular flexibility index (Phi) is 3.62. The summed E-state index contributed by atoms with van der Waals surface area (Å²) >= 11 is 0. The van der Waals surface area contributed by atoms with Crippen molar-refractivity contribution in [1.29, 1.82) is 0 Å². The molecule has 0 saturated heterocycles. The van der Waals surface area contributed by atoms with Crippen LogP contribution in [0.1, 0.15) is 12.5 Å². The molecule has 0 bridgehead atoms. The molecule has 1 unspecified atom stereocenters. The highest BCUT2D eigenvalue weighted by molar-refractivity contribution is 5.78. The van der Waals surface area contributed by atoms with E-state index in [0.29, 0.717) is 5.56 Å². The molecule has 0 heterocycles. The van der Waals surface area contributed by atoms with Crippen LogP contribution in [-0.2, 0) is 11.3 Å². The fourth-order valence-corrected chi connectivity index (χ4v) is 1.08. The molecule has 4 nitrogen and oxygen atoms in total. The SMILES string of the molecule is CC(Oc1c(F)cccc1CN)C(N)=O. The van der Waals surface area contributed by atoms with Gasteiger partial charge in [0, 0.05) is 12.1 Å². The molecule has 1 aromatic carbocycles. The molecule has 0 aliphatic heterocycles. The molecular weight excluding hydrogens is 199 g/mol. The van der Waals surface area contributed by atoms with Crippen molar-refractivity contribution < 1.29 is 13.9 Å². The number of benzene rings is 1. The number of carbonyl (C=O) groups excluding carboxylic acids is 1. The van der Waals surface area contributed by atoms with Crippen molar-refractivity contribution >= 4 is 5.91 Å². The van der Waals surface area contributed by atoms with Crippen LogP contribution in [0.15, 0.2) is 18.2 Å². The van der Waals surface area contributed by atoms with Crippen molar-refractivity contribution in [3.05, 3.63) is 29.6 Å². The van der Waals surface area contributed by atoms with Gasteiger partial charge in [-0.2, -0.15) is 0 Å². The van der Waals surface area contributed by atoms with Gasteiger partial charge in [-0.3, -0.25) is 4.79 Å². The van der Waals surface area contributed by atoms with Crippen LogP contribution >= 0.6 is 0 Å². The largest absolute Gasteiger partial charge is 0.477 e.